The van der Waals surface area contributed by atoms with Gasteiger partial charge >= 0.3 is 5.69 Å². The van der Waals surface area contributed by atoms with Gasteiger partial charge in [0, 0.05) is 11.8 Å². The minimum atomic E-state index is -0.772. The van der Waals surface area contributed by atoms with Crippen LogP contribution >= 0.6 is 11.3 Å². The van der Waals surface area contributed by atoms with Crippen molar-refractivity contribution in [2.75, 3.05) is 11.9 Å². The summed E-state index contributed by atoms with van der Waals surface area (Å²) < 4.78 is 13.2. The van der Waals surface area contributed by atoms with E-state index in [1.165, 1.54) is 22.0 Å². The topological polar surface area (TPSA) is 168 Å². The summed E-state index contributed by atoms with van der Waals surface area (Å²) in [7, 11) is 0. The molecule has 0 saturated heterocycles. The number of allylic oxidation sites excluding steroid dienone is 1. The van der Waals surface area contributed by atoms with E-state index in [2.05, 4.69) is 10.3 Å². The number of anilines is 1. The largest absolute Gasteiger partial charge is 0.494 e. The standard InChI is InChI=1S/C35H27N5O8S/c1-3-47-26-16-11-23(12-17-26)32-31(33(41)37-24-7-5-4-6-8-24)21(2)36-35-38(32)34(42)30(49-35)19-22-9-14-27(15-10-22)48-29-18-13-25(39(43)44)20-28(29)40(45)46/h4-20,32H,3H2,1-2H3,(H,37,41)/b30-19-/t32-/m1/s1. The van der Waals surface area contributed by atoms with Gasteiger partial charge in [0.05, 0.1) is 44.4 Å². The van der Waals surface area contributed by atoms with Crippen LogP contribution in [0.3, 0.4) is 0 Å². The van der Waals surface area contributed by atoms with Gasteiger partial charge < -0.3 is 14.8 Å². The first kappa shape index (κ1) is 32.5. The molecule has 0 aliphatic carbocycles. The maximum Gasteiger partial charge on any atom is 0.318 e. The molecule has 6 rings (SSSR count). The van der Waals surface area contributed by atoms with Crippen molar-refractivity contribution in [1.29, 1.82) is 0 Å². The predicted molar refractivity (Wildman–Crippen MR) is 183 cm³/mol. The molecule has 1 aliphatic heterocycles. The highest BCUT2D eigenvalue weighted by Crippen LogP contribution is 2.35. The second kappa shape index (κ2) is 13.8. The number of rotatable bonds is 10. The van der Waals surface area contributed by atoms with E-state index < -0.39 is 27.3 Å². The SMILES string of the molecule is CCOc1ccc([C@@H]2C(C(=O)Nc3ccccc3)=C(C)N=c3s/c(=C\c4ccc(Oc5ccc([N+](=O)[O-])cc5[N+](=O)[O-])cc4)c(=O)n32)cc1. The zero-order valence-electron chi connectivity index (χ0n) is 26.1. The predicted octanol–water partition coefficient (Wildman–Crippen LogP) is 5.88. The maximum absolute atomic E-state index is 14.1. The number of nitro groups is 2. The monoisotopic (exact) mass is 677 g/mol. The lowest BCUT2D eigenvalue weighted by molar-refractivity contribution is -0.394. The van der Waals surface area contributed by atoms with Crippen LogP contribution in [0.2, 0.25) is 0 Å². The van der Waals surface area contributed by atoms with E-state index in [0.717, 1.165) is 12.1 Å². The molecule has 246 valence electrons. The van der Waals surface area contributed by atoms with Crippen molar-refractivity contribution in [3.05, 3.63) is 159 Å². The van der Waals surface area contributed by atoms with Crippen LogP contribution in [0.4, 0.5) is 17.1 Å². The van der Waals surface area contributed by atoms with E-state index in [1.807, 2.05) is 37.3 Å². The first-order valence-electron chi connectivity index (χ1n) is 15.0. The number of carbonyl (C=O) groups is 1. The molecule has 1 N–H and O–H groups in total. The van der Waals surface area contributed by atoms with Gasteiger partial charge in [-0.05, 0) is 73.5 Å². The molecule has 1 atom stereocenters. The zero-order valence-corrected chi connectivity index (χ0v) is 26.9. The Morgan fingerprint density at radius 1 is 0.959 bits per heavy atom. The van der Waals surface area contributed by atoms with Crippen LogP contribution < -0.4 is 29.7 Å². The van der Waals surface area contributed by atoms with E-state index in [0.29, 0.717) is 49.8 Å². The molecule has 0 fully saturated rings. The summed E-state index contributed by atoms with van der Waals surface area (Å²) in [6, 6.07) is 25.1. The summed E-state index contributed by atoms with van der Waals surface area (Å²) in [5.74, 6) is 0.360. The van der Waals surface area contributed by atoms with Gasteiger partial charge in [-0.1, -0.05) is 53.8 Å². The summed E-state index contributed by atoms with van der Waals surface area (Å²) >= 11 is 1.18. The number of hydrogen-bond donors (Lipinski definition) is 1. The second-order valence-corrected chi connectivity index (χ2v) is 11.8. The number of amides is 1. The molecule has 0 bridgehead atoms. The van der Waals surface area contributed by atoms with Gasteiger partial charge in [0.1, 0.15) is 11.5 Å². The molecule has 49 heavy (non-hydrogen) atoms. The number of non-ortho nitro benzene ring substituents is 1. The first-order chi connectivity index (χ1) is 23.6. The summed E-state index contributed by atoms with van der Waals surface area (Å²) in [5, 5.41) is 25.5. The third-order valence-corrected chi connectivity index (χ3v) is 8.54. The van der Waals surface area contributed by atoms with Crippen molar-refractivity contribution in [3.63, 3.8) is 0 Å². The first-order valence-corrected chi connectivity index (χ1v) is 15.8. The van der Waals surface area contributed by atoms with E-state index in [9.17, 15) is 29.8 Å². The fourth-order valence-electron chi connectivity index (χ4n) is 5.32. The lowest BCUT2D eigenvalue weighted by Crippen LogP contribution is -2.40. The highest BCUT2D eigenvalue weighted by atomic mass is 32.1. The molecule has 1 amide bonds. The van der Waals surface area contributed by atoms with Crippen molar-refractivity contribution in [2.45, 2.75) is 19.9 Å². The summed E-state index contributed by atoms with van der Waals surface area (Å²) in [6.45, 7) is 4.12. The van der Waals surface area contributed by atoms with Gasteiger partial charge in [-0.15, -0.1) is 0 Å². The van der Waals surface area contributed by atoms with Crippen LogP contribution in [0.5, 0.6) is 17.2 Å². The highest BCUT2D eigenvalue weighted by molar-refractivity contribution is 7.07. The summed E-state index contributed by atoms with van der Waals surface area (Å²) in [5.41, 5.74) is 1.41. The molecule has 0 saturated carbocycles. The lowest BCUT2D eigenvalue weighted by Gasteiger charge is -2.25. The number of thiazole rings is 1. The third-order valence-electron chi connectivity index (χ3n) is 7.56. The molecular weight excluding hydrogens is 650 g/mol. The number of hydrogen-bond acceptors (Lipinski definition) is 10. The van der Waals surface area contributed by atoms with Crippen molar-refractivity contribution in [1.82, 2.24) is 4.57 Å². The Morgan fingerprint density at radius 2 is 1.65 bits per heavy atom. The van der Waals surface area contributed by atoms with Gasteiger partial charge in [-0.3, -0.25) is 34.4 Å². The van der Waals surface area contributed by atoms with Crippen LogP contribution in [0.1, 0.15) is 31.0 Å². The number of benzene rings is 4. The zero-order chi connectivity index (χ0) is 34.7. The van der Waals surface area contributed by atoms with Crippen molar-refractivity contribution < 1.29 is 24.1 Å². The molecular formula is C35H27N5O8S. The fourth-order valence-corrected chi connectivity index (χ4v) is 6.37. The molecule has 2 heterocycles. The van der Waals surface area contributed by atoms with Crippen molar-refractivity contribution in [3.8, 4) is 17.2 Å². The number of nitrogens with one attached hydrogen (secondary N) is 1. The summed E-state index contributed by atoms with van der Waals surface area (Å²) in [6.07, 6.45) is 1.68. The minimum absolute atomic E-state index is 0.159. The van der Waals surface area contributed by atoms with Crippen LogP contribution in [0.25, 0.3) is 6.08 Å². The molecule has 1 aromatic heterocycles. The van der Waals surface area contributed by atoms with E-state index >= 15 is 0 Å². The number of aromatic nitrogens is 1. The Morgan fingerprint density at radius 3 is 2.31 bits per heavy atom. The second-order valence-electron chi connectivity index (χ2n) is 10.7. The van der Waals surface area contributed by atoms with Gasteiger partial charge in [-0.2, -0.15) is 0 Å². The van der Waals surface area contributed by atoms with E-state index in [4.69, 9.17) is 9.47 Å². The number of nitro benzene ring substituents is 2. The molecule has 0 radical (unpaired) electrons. The van der Waals surface area contributed by atoms with Gasteiger partial charge in [0.25, 0.3) is 17.2 Å². The number of carbonyl (C=O) groups excluding carboxylic acids is 1. The Kier molecular flexibility index (Phi) is 9.13. The molecule has 14 heteroatoms. The summed E-state index contributed by atoms with van der Waals surface area (Å²) in [4.78, 5) is 54.0. The van der Waals surface area contributed by atoms with Crippen LogP contribution in [0.15, 0.2) is 118 Å². The fraction of sp³-hybridized carbons (Fsp3) is 0.114. The molecule has 5 aromatic rings. The van der Waals surface area contributed by atoms with Crippen LogP contribution in [0, 0.1) is 20.2 Å². The Bertz CT molecular complexity index is 2300. The average Bonchev–Trinajstić information content (AvgIpc) is 3.39. The Labute approximate surface area is 282 Å². The van der Waals surface area contributed by atoms with Crippen molar-refractivity contribution >= 4 is 40.4 Å². The minimum Gasteiger partial charge on any atom is -0.494 e. The smallest absolute Gasteiger partial charge is 0.318 e. The number of nitrogens with zero attached hydrogens (tertiary/aromatic N) is 4. The van der Waals surface area contributed by atoms with Gasteiger partial charge in [0.15, 0.2) is 4.80 Å². The third kappa shape index (κ3) is 6.84. The van der Waals surface area contributed by atoms with Crippen molar-refractivity contribution in [2.24, 2.45) is 4.99 Å². The Balaban J connectivity index is 1.36. The number of para-hydroxylation sites is 1. The molecule has 1 aliphatic rings. The van der Waals surface area contributed by atoms with Crippen LogP contribution in [-0.2, 0) is 4.79 Å². The maximum atomic E-state index is 14.1. The van der Waals surface area contributed by atoms with Crippen LogP contribution in [-0.4, -0.2) is 26.9 Å². The Hall–Kier alpha value is -6.41. The number of ether oxygens (including phenoxy) is 2. The van der Waals surface area contributed by atoms with Gasteiger partial charge in [-0.25, -0.2) is 4.99 Å². The molecule has 13 nitrogen and oxygen atoms in total. The molecule has 4 aromatic carbocycles. The normalized spacial score (nSPS) is 14.1. The van der Waals surface area contributed by atoms with Gasteiger partial charge in [0.2, 0.25) is 5.75 Å². The molecule has 0 spiro atoms. The molecule has 0 unspecified atom stereocenters. The van der Waals surface area contributed by atoms with E-state index in [-0.39, 0.29) is 23.0 Å². The van der Waals surface area contributed by atoms with E-state index in [1.54, 1.807) is 61.5 Å². The lowest BCUT2D eigenvalue weighted by atomic mass is 9.95. The highest BCUT2D eigenvalue weighted by Gasteiger charge is 2.32. The quantitative estimate of drug-likeness (QED) is 0.141. The number of fused-ring (bicyclic) bond motifs is 1. The average molecular weight is 678 g/mol.